The molecule has 0 radical (unpaired) electrons. The zero-order valence-corrected chi connectivity index (χ0v) is 11.6. The van der Waals surface area contributed by atoms with Gasteiger partial charge in [0.25, 0.3) is 0 Å². The van der Waals surface area contributed by atoms with Crippen LogP contribution in [0.5, 0.6) is 5.75 Å². The molecule has 2 rings (SSSR count). The van der Waals surface area contributed by atoms with Crippen LogP contribution in [-0.4, -0.2) is 20.3 Å². The Balaban J connectivity index is 2.15. The van der Waals surface area contributed by atoms with Crippen molar-refractivity contribution in [2.24, 2.45) is 0 Å². The van der Waals surface area contributed by atoms with Gasteiger partial charge in [0.1, 0.15) is 29.8 Å². The third-order valence-corrected chi connectivity index (χ3v) is 2.79. The molecule has 0 aliphatic heterocycles. The predicted molar refractivity (Wildman–Crippen MR) is 78.2 cm³/mol. The fourth-order valence-corrected chi connectivity index (χ4v) is 1.80. The van der Waals surface area contributed by atoms with Gasteiger partial charge in [-0.2, -0.15) is 5.26 Å². The van der Waals surface area contributed by atoms with E-state index in [0.717, 1.165) is 0 Å². The lowest BCUT2D eigenvalue weighted by Crippen LogP contribution is -2.04. The molecule has 108 valence electrons. The van der Waals surface area contributed by atoms with Crippen molar-refractivity contribution in [3.8, 4) is 11.8 Å². The van der Waals surface area contributed by atoms with Crippen molar-refractivity contribution < 1.29 is 13.9 Å². The summed E-state index contributed by atoms with van der Waals surface area (Å²) in [5.41, 5.74) is 1.13. The maximum Gasteiger partial charge on any atom is 0.143 e. The standard InChI is InChI=1S/C16H15FN2O2/c1-20-8-9-21-13-5-2-4-12(10-13)19-16-7-3-6-15(17)14(16)11-18/h2-7,10,19H,8-9H2,1H3. The van der Waals surface area contributed by atoms with E-state index < -0.39 is 5.82 Å². The average molecular weight is 286 g/mol. The summed E-state index contributed by atoms with van der Waals surface area (Å²) in [6.45, 7) is 0.948. The van der Waals surface area contributed by atoms with Crippen LogP contribution in [0.4, 0.5) is 15.8 Å². The van der Waals surface area contributed by atoms with Gasteiger partial charge in [-0.25, -0.2) is 4.39 Å². The van der Waals surface area contributed by atoms with E-state index in [2.05, 4.69) is 5.32 Å². The molecule has 0 atom stereocenters. The van der Waals surface area contributed by atoms with Crippen molar-refractivity contribution in [2.45, 2.75) is 0 Å². The number of nitrogens with one attached hydrogen (secondary N) is 1. The highest BCUT2D eigenvalue weighted by molar-refractivity contribution is 5.67. The van der Waals surface area contributed by atoms with Crippen molar-refractivity contribution >= 4 is 11.4 Å². The first-order chi connectivity index (χ1) is 10.2. The van der Waals surface area contributed by atoms with Crippen molar-refractivity contribution in [1.29, 1.82) is 5.26 Å². The molecule has 0 saturated heterocycles. The molecule has 0 fully saturated rings. The van der Waals surface area contributed by atoms with Gasteiger partial charge in [0, 0.05) is 18.9 Å². The summed E-state index contributed by atoms with van der Waals surface area (Å²) in [4.78, 5) is 0. The SMILES string of the molecule is COCCOc1cccc(Nc2cccc(F)c2C#N)c1. The molecule has 1 N–H and O–H groups in total. The molecule has 21 heavy (non-hydrogen) atoms. The minimum Gasteiger partial charge on any atom is -0.491 e. The lowest BCUT2D eigenvalue weighted by atomic mass is 10.1. The van der Waals surface area contributed by atoms with Crippen LogP contribution in [0.15, 0.2) is 42.5 Å². The lowest BCUT2D eigenvalue weighted by Gasteiger charge is -2.11. The van der Waals surface area contributed by atoms with Gasteiger partial charge in [0.15, 0.2) is 0 Å². The molecule has 0 aromatic heterocycles. The smallest absolute Gasteiger partial charge is 0.143 e. The molecule has 0 aliphatic carbocycles. The van der Waals surface area contributed by atoms with Crippen molar-refractivity contribution in [3.05, 3.63) is 53.8 Å². The maximum atomic E-state index is 13.5. The molecule has 0 aliphatic rings. The third kappa shape index (κ3) is 3.94. The van der Waals surface area contributed by atoms with Crippen LogP contribution in [-0.2, 0) is 4.74 Å². The number of hydrogen-bond acceptors (Lipinski definition) is 4. The number of anilines is 2. The van der Waals surface area contributed by atoms with Gasteiger partial charge in [0.2, 0.25) is 0 Å². The highest BCUT2D eigenvalue weighted by Crippen LogP contribution is 2.25. The highest BCUT2D eigenvalue weighted by atomic mass is 19.1. The number of hydrogen-bond donors (Lipinski definition) is 1. The Labute approximate surface area is 122 Å². The Morgan fingerprint density at radius 1 is 1.19 bits per heavy atom. The van der Waals surface area contributed by atoms with Gasteiger partial charge in [-0.05, 0) is 24.3 Å². The lowest BCUT2D eigenvalue weighted by molar-refractivity contribution is 0.146. The second kappa shape index (κ2) is 7.27. The zero-order chi connectivity index (χ0) is 15.1. The largest absolute Gasteiger partial charge is 0.491 e. The molecule has 0 amide bonds. The van der Waals surface area contributed by atoms with Crippen molar-refractivity contribution in [1.82, 2.24) is 0 Å². The molecule has 0 saturated carbocycles. The maximum absolute atomic E-state index is 13.5. The summed E-state index contributed by atoms with van der Waals surface area (Å²) in [6.07, 6.45) is 0. The van der Waals surface area contributed by atoms with E-state index in [4.69, 9.17) is 14.7 Å². The highest BCUT2D eigenvalue weighted by Gasteiger charge is 2.08. The van der Waals surface area contributed by atoms with Crippen LogP contribution in [0.3, 0.4) is 0 Å². The van der Waals surface area contributed by atoms with E-state index in [1.807, 2.05) is 24.3 Å². The summed E-state index contributed by atoms with van der Waals surface area (Å²) >= 11 is 0. The van der Waals surface area contributed by atoms with E-state index in [-0.39, 0.29) is 5.56 Å². The first kappa shape index (κ1) is 14.8. The van der Waals surface area contributed by atoms with Crippen LogP contribution >= 0.6 is 0 Å². The summed E-state index contributed by atoms with van der Waals surface area (Å²) < 4.78 is 24.0. The number of nitrogens with zero attached hydrogens (tertiary/aromatic N) is 1. The monoisotopic (exact) mass is 286 g/mol. The van der Waals surface area contributed by atoms with E-state index in [1.54, 1.807) is 25.3 Å². The quantitative estimate of drug-likeness (QED) is 0.826. The number of halogens is 1. The number of nitriles is 1. The summed E-state index contributed by atoms with van der Waals surface area (Å²) in [6, 6.07) is 13.5. The summed E-state index contributed by atoms with van der Waals surface area (Å²) in [5.74, 6) is 0.127. The van der Waals surface area contributed by atoms with E-state index >= 15 is 0 Å². The Hall–Kier alpha value is -2.58. The minimum absolute atomic E-state index is 0.0109. The Bertz CT molecular complexity index is 653. The van der Waals surface area contributed by atoms with Crippen LogP contribution in [0.1, 0.15) is 5.56 Å². The molecule has 0 spiro atoms. The van der Waals surface area contributed by atoms with Crippen LogP contribution in [0.25, 0.3) is 0 Å². The van der Waals surface area contributed by atoms with Gasteiger partial charge in [-0.1, -0.05) is 12.1 Å². The molecule has 5 heteroatoms. The minimum atomic E-state index is -0.546. The van der Waals surface area contributed by atoms with Gasteiger partial charge in [-0.3, -0.25) is 0 Å². The fourth-order valence-electron chi connectivity index (χ4n) is 1.80. The van der Waals surface area contributed by atoms with Gasteiger partial charge < -0.3 is 14.8 Å². The Morgan fingerprint density at radius 3 is 2.76 bits per heavy atom. The Morgan fingerprint density at radius 2 is 2.00 bits per heavy atom. The number of rotatable bonds is 6. The first-order valence-corrected chi connectivity index (χ1v) is 6.42. The molecule has 4 nitrogen and oxygen atoms in total. The molecule has 0 unspecified atom stereocenters. The Kier molecular flexibility index (Phi) is 5.13. The van der Waals surface area contributed by atoms with Gasteiger partial charge in [-0.15, -0.1) is 0 Å². The topological polar surface area (TPSA) is 54.3 Å². The van der Waals surface area contributed by atoms with Gasteiger partial charge >= 0.3 is 0 Å². The summed E-state index contributed by atoms with van der Waals surface area (Å²) in [5, 5.41) is 12.0. The van der Waals surface area contributed by atoms with Crippen LogP contribution in [0, 0.1) is 17.1 Å². The molecule has 2 aromatic rings. The third-order valence-electron chi connectivity index (χ3n) is 2.79. The van der Waals surface area contributed by atoms with Crippen molar-refractivity contribution in [2.75, 3.05) is 25.6 Å². The normalized spacial score (nSPS) is 9.95. The van der Waals surface area contributed by atoms with E-state index in [1.165, 1.54) is 6.07 Å². The second-order valence-electron chi connectivity index (χ2n) is 4.27. The number of methoxy groups -OCH3 is 1. The predicted octanol–water partition coefficient (Wildman–Crippen LogP) is 3.47. The second-order valence-corrected chi connectivity index (χ2v) is 4.27. The molecule has 0 heterocycles. The van der Waals surface area contributed by atoms with E-state index in [9.17, 15) is 4.39 Å². The molecule has 0 bridgehead atoms. The molecular formula is C16H15FN2O2. The summed E-state index contributed by atoms with van der Waals surface area (Å²) in [7, 11) is 1.61. The fraction of sp³-hybridized carbons (Fsp3) is 0.188. The average Bonchev–Trinajstić information content (AvgIpc) is 2.48. The van der Waals surface area contributed by atoms with Crippen LogP contribution < -0.4 is 10.1 Å². The van der Waals surface area contributed by atoms with Gasteiger partial charge in [0.05, 0.1) is 12.3 Å². The van der Waals surface area contributed by atoms with Crippen molar-refractivity contribution in [3.63, 3.8) is 0 Å². The van der Waals surface area contributed by atoms with Crippen LogP contribution in [0.2, 0.25) is 0 Å². The molecule has 2 aromatic carbocycles. The number of benzene rings is 2. The molecular weight excluding hydrogens is 271 g/mol. The first-order valence-electron chi connectivity index (χ1n) is 6.42. The zero-order valence-electron chi connectivity index (χ0n) is 11.6. The number of ether oxygens (including phenoxy) is 2. The van der Waals surface area contributed by atoms with E-state index in [0.29, 0.717) is 30.3 Å².